The van der Waals surface area contributed by atoms with Gasteiger partial charge in [0.25, 0.3) is 5.91 Å². The molecule has 140 valence electrons. The molecule has 1 amide bonds. The number of aliphatic hydroxyl groups excluding tert-OH is 1. The zero-order valence-corrected chi connectivity index (χ0v) is 14.8. The minimum absolute atomic E-state index is 0.00535. The van der Waals surface area contributed by atoms with E-state index in [1.807, 2.05) is 0 Å². The molecule has 0 bridgehead atoms. The van der Waals surface area contributed by atoms with Gasteiger partial charge in [0.2, 0.25) is 0 Å². The highest BCUT2D eigenvalue weighted by Crippen LogP contribution is 2.14. The Morgan fingerprint density at radius 2 is 1.88 bits per heavy atom. The molecule has 1 aliphatic heterocycles. The number of nitrogens with zero attached hydrogens (tertiary/aromatic N) is 1. The molecular weight excluding hydrogens is 337 g/mol. The fourth-order valence-electron chi connectivity index (χ4n) is 2.49. The topological polar surface area (TPSA) is 59.0 Å². The number of carbonyl (C=O) groups excluding carboxylic acids is 1. The van der Waals surface area contributed by atoms with E-state index in [2.05, 4.69) is 0 Å². The van der Waals surface area contributed by atoms with Gasteiger partial charge in [-0.1, -0.05) is 30.3 Å². The van der Waals surface area contributed by atoms with Crippen LogP contribution in [0.2, 0.25) is 0 Å². The Hall–Kier alpha value is -2.44. The summed E-state index contributed by atoms with van der Waals surface area (Å²) in [7, 11) is 1.66. The molecule has 26 heavy (non-hydrogen) atoms. The maximum absolute atomic E-state index is 11.9. The predicted molar refractivity (Wildman–Crippen MR) is 96.3 cm³/mol. The van der Waals surface area contributed by atoms with Gasteiger partial charge in [0.1, 0.15) is 11.6 Å². The van der Waals surface area contributed by atoms with E-state index in [4.69, 9.17) is 14.6 Å². The van der Waals surface area contributed by atoms with Crippen LogP contribution in [0.15, 0.2) is 54.6 Å². The Morgan fingerprint density at radius 1 is 1.19 bits per heavy atom. The highest BCUT2D eigenvalue weighted by molar-refractivity contribution is 5.78. The van der Waals surface area contributed by atoms with Crippen molar-refractivity contribution >= 4 is 5.91 Å². The number of halogens is 1. The third-order valence-corrected chi connectivity index (χ3v) is 4.03. The number of rotatable bonds is 5. The van der Waals surface area contributed by atoms with E-state index in [0.29, 0.717) is 12.3 Å². The van der Waals surface area contributed by atoms with Crippen molar-refractivity contribution in [3.63, 3.8) is 0 Å². The summed E-state index contributed by atoms with van der Waals surface area (Å²) in [6.45, 7) is 1.41. The summed E-state index contributed by atoms with van der Waals surface area (Å²) in [5.41, 5.74) is 0.821. The van der Waals surface area contributed by atoms with Crippen molar-refractivity contribution in [1.82, 2.24) is 4.90 Å². The molecule has 1 unspecified atom stereocenters. The molecule has 1 aliphatic rings. The summed E-state index contributed by atoms with van der Waals surface area (Å²) in [5, 5.41) is 8.92. The quantitative estimate of drug-likeness (QED) is 0.889. The second-order valence-corrected chi connectivity index (χ2v) is 5.87. The van der Waals surface area contributed by atoms with Crippen LogP contribution in [-0.4, -0.2) is 48.8 Å². The fourth-order valence-corrected chi connectivity index (χ4v) is 2.49. The van der Waals surface area contributed by atoms with E-state index in [0.717, 1.165) is 18.5 Å². The zero-order valence-electron chi connectivity index (χ0n) is 14.8. The molecule has 6 heteroatoms. The van der Waals surface area contributed by atoms with Crippen LogP contribution < -0.4 is 4.74 Å². The largest absolute Gasteiger partial charge is 0.484 e. The number of aliphatic hydroxyl groups is 1. The molecule has 0 saturated carbocycles. The summed E-state index contributed by atoms with van der Waals surface area (Å²) in [6.07, 6.45) is 1.03. The van der Waals surface area contributed by atoms with E-state index < -0.39 is 0 Å². The number of methoxy groups -OCH3 is 1. The van der Waals surface area contributed by atoms with E-state index in [9.17, 15) is 9.18 Å². The van der Waals surface area contributed by atoms with Crippen LogP contribution in [0.5, 0.6) is 5.75 Å². The average Bonchev–Trinajstić information content (AvgIpc) is 3.17. The Balaban J connectivity index is 0.000000290. The van der Waals surface area contributed by atoms with Crippen molar-refractivity contribution < 1.29 is 23.8 Å². The van der Waals surface area contributed by atoms with Gasteiger partial charge >= 0.3 is 0 Å². The standard InChI is InChI=1S/C14H19NO4.C6H5F/c1-18-13-6-7-15(8-13)14(17)10-19-12-4-2-11(9-16)3-5-12;7-6-4-2-1-3-5-6/h2-5,13,16H,6-10H2,1H3;1-5H. The molecule has 0 spiro atoms. The van der Waals surface area contributed by atoms with E-state index in [1.165, 1.54) is 12.1 Å². The normalized spacial score (nSPS) is 16.0. The lowest BCUT2D eigenvalue weighted by Gasteiger charge is -2.16. The molecule has 1 saturated heterocycles. The number of likely N-dealkylation sites (tertiary alicyclic amines) is 1. The maximum Gasteiger partial charge on any atom is 0.260 e. The van der Waals surface area contributed by atoms with E-state index in [1.54, 1.807) is 54.5 Å². The van der Waals surface area contributed by atoms with Crippen LogP contribution in [0.25, 0.3) is 0 Å². The summed E-state index contributed by atoms with van der Waals surface area (Å²) in [6, 6.07) is 15.0. The van der Waals surface area contributed by atoms with Crippen molar-refractivity contribution in [2.75, 3.05) is 26.8 Å². The first-order valence-electron chi connectivity index (χ1n) is 8.46. The number of benzene rings is 2. The third kappa shape index (κ3) is 6.46. The molecule has 0 radical (unpaired) electrons. The maximum atomic E-state index is 11.9. The third-order valence-electron chi connectivity index (χ3n) is 4.03. The lowest BCUT2D eigenvalue weighted by Crippen LogP contribution is -2.33. The summed E-state index contributed by atoms with van der Waals surface area (Å²) >= 11 is 0. The van der Waals surface area contributed by atoms with Crippen LogP contribution in [-0.2, 0) is 16.1 Å². The summed E-state index contributed by atoms with van der Waals surface area (Å²) in [4.78, 5) is 13.7. The minimum atomic E-state index is -0.178. The molecule has 1 atom stereocenters. The van der Waals surface area contributed by atoms with E-state index >= 15 is 0 Å². The van der Waals surface area contributed by atoms with Crippen LogP contribution >= 0.6 is 0 Å². The average molecular weight is 361 g/mol. The number of amides is 1. The van der Waals surface area contributed by atoms with Gasteiger partial charge in [-0.2, -0.15) is 0 Å². The van der Waals surface area contributed by atoms with Gasteiger partial charge in [0.15, 0.2) is 6.61 Å². The zero-order chi connectivity index (χ0) is 18.8. The Labute approximate surface area is 153 Å². The SMILES string of the molecule is COC1CCN(C(=O)COc2ccc(CO)cc2)C1.Fc1ccccc1. The predicted octanol–water partition coefficient (Wildman–Crippen LogP) is 2.63. The van der Waals surface area contributed by atoms with Crippen LogP contribution in [0.1, 0.15) is 12.0 Å². The molecule has 3 rings (SSSR count). The lowest BCUT2D eigenvalue weighted by atomic mass is 10.2. The molecule has 2 aromatic rings. The molecule has 2 aromatic carbocycles. The highest BCUT2D eigenvalue weighted by Gasteiger charge is 2.25. The van der Waals surface area contributed by atoms with Gasteiger partial charge < -0.3 is 19.5 Å². The number of hydrogen-bond acceptors (Lipinski definition) is 4. The first kappa shape index (κ1) is 19.9. The molecule has 0 aromatic heterocycles. The summed E-state index contributed by atoms with van der Waals surface area (Å²) in [5.74, 6) is 0.432. The van der Waals surface area contributed by atoms with Crippen molar-refractivity contribution in [1.29, 1.82) is 0 Å². The van der Waals surface area contributed by atoms with Gasteiger partial charge in [-0.05, 0) is 36.2 Å². The number of ether oxygens (including phenoxy) is 2. The van der Waals surface area contributed by atoms with Crippen LogP contribution in [0.3, 0.4) is 0 Å². The Morgan fingerprint density at radius 3 is 2.38 bits per heavy atom. The van der Waals surface area contributed by atoms with Crippen molar-refractivity contribution in [2.45, 2.75) is 19.1 Å². The first-order chi connectivity index (χ1) is 12.6. The molecule has 1 heterocycles. The first-order valence-corrected chi connectivity index (χ1v) is 8.46. The second kappa shape index (κ2) is 10.5. The van der Waals surface area contributed by atoms with Crippen LogP contribution in [0, 0.1) is 5.82 Å². The molecular formula is C20H24FNO4. The van der Waals surface area contributed by atoms with Gasteiger partial charge in [-0.25, -0.2) is 4.39 Å². The monoisotopic (exact) mass is 361 g/mol. The molecule has 1 N–H and O–H groups in total. The number of hydrogen-bond donors (Lipinski definition) is 1. The van der Waals surface area contributed by atoms with Gasteiger partial charge in [-0.15, -0.1) is 0 Å². The van der Waals surface area contributed by atoms with Crippen molar-refractivity contribution in [3.05, 3.63) is 66.0 Å². The van der Waals surface area contributed by atoms with Gasteiger partial charge in [0.05, 0.1) is 12.7 Å². The van der Waals surface area contributed by atoms with Crippen molar-refractivity contribution in [3.8, 4) is 5.75 Å². The van der Waals surface area contributed by atoms with Crippen LogP contribution in [0.4, 0.5) is 4.39 Å². The Bertz CT molecular complexity index is 663. The van der Waals surface area contributed by atoms with Crippen molar-refractivity contribution in [2.24, 2.45) is 0 Å². The van der Waals surface area contributed by atoms with Gasteiger partial charge in [-0.3, -0.25) is 4.79 Å². The van der Waals surface area contributed by atoms with E-state index in [-0.39, 0.29) is 31.0 Å². The smallest absolute Gasteiger partial charge is 0.260 e. The second-order valence-electron chi connectivity index (χ2n) is 5.87. The highest BCUT2D eigenvalue weighted by atomic mass is 19.1. The molecule has 1 fully saturated rings. The number of carbonyl (C=O) groups is 1. The summed E-state index contributed by atoms with van der Waals surface area (Å²) < 4.78 is 22.6. The van der Waals surface area contributed by atoms with Gasteiger partial charge in [0, 0.05) is 20.2 Å². The molecule has 0 aliphatic carbocycles. The Kier molecular flexibility index (Phi) is 8.05. The minimum Gasteiger partial charge on any atom is -0.484 e. The lowest BCUT2D eigenvalue weighted by molar-refractivity contribution is -0.132. The molecule has 5 nitrogen and oxygen atoms in total. The fraction of sp³-hybridized carbons (Fsp3) is 0.350.